The lowest BCUT2D eigenvalue weighted by Crippen LogP contribution is -2.06. The molecule has 2 nitrogen and oxygen atoms in total. The van der Waals surface area contributed by atoms with Gasteiger partial charge < -0.3 is 5.84 Å². The van der Waals surface area contributed by atoms with Gasteiger partial charge in [0.2, 0.25) is 0 Å². The highest BCUT2D eigenvalue weighted by Crippen LogP contribution is 2.19. The van der Waals surface area contributed by atoms with Crippen LogP contribution in [0.5, 0.6) is 0 Å². The van der Waals surface area contributed by atoms with Gasteiger partial charge in [-0.15, -0.1) is 0 Å². The van der Waals surface area contributed by atoms with Gasteiger partial charge in [0.1, 0.15) is 0 Å². The Kier molecular flexibility index (Phi) is 3.37. The number of hydrazone groups is 1. The maximum Gasteiger partial charge on any atom is 0.0982 e. The summed E-state index contributed by atoms with van der Waals surface area (Å²) in [6.45, 7) is 0. The van der Waals surface area contributed by atoms with Crippen LogP contribution in [0.1, 0.15) is 11.1 Å². The molecule has 0 aliphatic rings. The Morgan fingerprint density at radius 2 is 1.56 bits per heavy atom. The Morgan fingerprint density at radius 1 is 0.938 bits per heavy atom. The van der Waals surface area contributed by atoms with E-state index in [0.29, 0.717) is 0 Å². The van der Waals surface area contributed by atoms with E-state index in [1.165, 1.54) is 0 Å². The highest BCUT2D eigenvalue weighted by atomic mass is 79.9. The Bertz CT molecular complexity index is 506. The summed E-state index contributed by atoms with van der Waals surface area (Å²) in [5.74, 6) is 5.47. The number of rotatable bonds is 2. The summed E-state index contributed by atoms with van der Waals surface area (Å²) < 4.78 is 0.989. The Labute approximate surface area is 103 Å². The second-order valence-electron chi connectivity index (χ2n) is 3.32. The minimum Gasteiger partial charge on any atom is -0.323 e. The average Bonchev–Trinajstić information content (AvgIpc) is 2.34. The van der Waals surface area contributed by atoms with Crippen LogP contribution in [-0.2, 0) is 0 Å². The minimum absolute atomic E-state index is 0.785. The molecule has 16 heavy (non-hydrogen) atoms. The summed E-state index contributed by atoms with van der Waals surface area (Å²) >= 11 is 3.50. The largest absolute Gasteiger partial charge is 0.323 e. The standard InChI is InChI=1S/C13H11BrN2/c14-12-9-5-4-8-11(12)13(16-15)10-6-2-1-3-7-10/h1-9H,15H2/b16-13-. The van der Waals surface area contributed by atoms with Crippen LogP contribution in [0.15, 0.2) is 64.2 Å². The van der Waals surface area contributed by atoms with Gasteiger partial charge in [-0.3, -0.25) is 0 Å². The lowest BCUT2D eigenvalue weighted by molar-refractivity contribution is 1.24. The summed E-state index contributed by atoms with van der Waals surface area (Å²) in [5.41, 5.74) is 2.79. The van der Waals surface area contributed by atoms with Gasteiger partial charge in [-0.25, -0.2) is 0 Å². The first kappa shape index (κ1) is 10.9. The lowest BCUT2D eigenvalue weighted by atomic mass is 10.0. The fraction of sp³-hybridized carbons (Fsp3) is 0. The Hall–Kier alpha value is -1.61. The minimum atomic E-state index is 0.785. The first-order valence-electron chi connectivity index (χ1n) is 4.91. The molecule has 80 valence electrons. The third-order valence-corrected chi connectivity index (χ3v) is 3.00. The van der Waals surface area contributed by atoms with Crippen LogP contribution >= 0.6 is 15.9 Å². The summed E-state index contributed by atoms with van der Waals surface area (Å²) in [6.07, 6.45) is 0. The molecule has 0 saturated carbocycles. The maximum absolute atomic E-state index is 5.47. The molecule has 0 aliphatic carbocycles. The third kappa shape index (κ3) is 2.14. The monoisotopic (exact) mass is 274 g/mol. The molecule has 0 atom stereocenters. The van der Waals surface area contributed by atoms with E-state index in [0.717, 1.165) is 21.3 Å². The number of hydrogen-bond donors (Lipinski definition) is 1. The topological polar surface area (TPSA) is 38.4 Å². The van der Waals surface area contributed by atoms with E-state index in [1.54, 1.807) is 0 Å². The summed E-state index contributed by atoms with van der Waals surface area (Å²) in [4.78, 5) is 0. The third-order valence-electron chi connectivity index (χ3n) is 2.31. The van der Waals surface area contributed by atoms with Crippen molar-refractivity contribution in [2.75, 3.05) is 0 Å². The summed E-state index contributed by atoms with van der Waals surface area (Å²) in [7, 11) is 0. The summed E-state index contributed by atoms with van der Waals surface area (Å²) in [5, 5.41) is 3.88. The number of nitrogens with two attached hydrogens (primary N) is 1. The van der Waals surface area contributed by atoms with Crippen LogP contribution in [0.3, 0.4) is 0 Å². The molecule has 0 unspecified atom stereocenters. The van der Waals surface area contributed by atoms with Gasteiger partial charge in [0.25, 0.3) is 0 Å². The van der Waals surface area contributed by atoms with Crippen molar-refractivity contribution in [2.45, 2.75) is 0 Å². The van der Waals surface area contributed by atoms with Gasteiger partial charge in [-0.05, 0) is 6.07 Å². The van der Waals surface area contributed by atoms with E-state index >= 15 is 0 Å². The van der Waals surface area contributed by atoms with Crippen molar-refractivity contribution in [2.24, 2.45) is 10.9 Å². The number of benzene rings is 2. The van der Waals surface area contributed by atoms with Crippen molar-refractivity contribution in [3.8, 4) is 0 Å². The van der Waals surface area contributed by atoms with E-state index in [-0.39, 0.29) is 0 Å². The van der Waals surface area contributed by atoms with Crippen LogP contribution in [0, 0.1) is 0 Å². The van der Waals surface area contributed by atoms with E-state index in [9.17, 15) is 0 Å². The first-order valence-corrected chi connectivity index (χ1v) is 5.70. The predicted octanol–water partition coefficient (Wildman–Crippen LogP) is 3.16. The molecule has 0 aliphatic heterocycles. The quantitative estimate of drug-likeness (QED) is 0.510. The molecule has 0 radical (unpaired) electrons. The lowest BCUT2D eigenvalue weighted by Gasteiger charge is -2.07. The fourth-order valence-corrected chi connectivity index (χ4v) is 2.02. The smallest absolute Gasteiger partial charge is 0.0982 e. The number of hydrogen-bond acceptors (Lipinski definition) is 2. The molecular formula is C13H11BrN2. The Balaban J connectivity index is 2.51. The van der Waals surface area contributed by atoms with Crippen molar-refractivity contribution < 1.29 is 0 Å². The highest BCUT2D eigenvalue weighted by molar-refractivity contribution is 9.10. The van der Waals surface area contributed by atoms with E-state index in [1.807, 2.05) is 54.6 Å². The van der Waals surface area contributed by atoms with Gasteiger partial charge >= 0.3 is 0 Å². The van der Waals surface area contributed by atoms with Gasteiger partial charge in [0.15, 0.2) is 0 Å². The van der Waals surface area contributed by atoms with Crippen molar-refractivity contribution in [1.82, 2.24) is 0 Å². The van der Waals surface area contributed by atoms with Crippen molar-refractivity contribution >= 4 is 21.6 Å². The molecule has 0 heterocycles. The van der Waals surface area contributed by atoms with Gasteiger partial charge in [0, 0.05) is 15.6 Å². The van der Waals surface area contributed by atoms with E-state index < -0.39 is 0 Å². The SMILES string of the molecule is N/N=C(/c1ccccc1)c1ccccc1Br. The van der Waals surface area contributed by atoms with Gasteiger partial charge in [-0.2, -0.15) is 5.10 Å². The second kappa shape index (κ2) is 4.94. The molecule has 0 saturated heterocycles. The number of nitrogens with zero attached hydrogens (tertiary/aromatic N) is 1. The molecule has 2 rings (SSSR count). The molecule has 0 fully saturated rings. The van der Waals surface area contributed by atoms with E-state index in [2.05, 4.69) is 21.0 Å². The average molecular weight is 275 g/mol. The van der Waals surface area contributed by atoms with Crippen LogP contribution in [-0.4, -0.2) is 5.71 Å². The molecule has 2 aromatic carbocycles. The maximum atomic E-state index is 5.47. The fourth-order valence-electron chi connectivity index (χ4n) is 1.55. The molecule has 0 bridgehead atoms. The molecular weight excluding hydrogens is 264 g/mol. The van der Waals surface area contributed by atoms with E-state index in [4.69, 9.17) is 5.84 Å². The molecule has 0 aromatic heterocycles. The molecule has 2 N–H and O–H groups in total. The first-order chi connectivity index (χ1) is 7.83. The number of halogens is 1. The molecule has 3 heteroatoms. The normalized spacial score (nSPS) is 11.4. The highest BCUT2D eigenvalue weighted by Gasteiger charge is 2.08. The second-order valence-corrected chi connectivity index (χ2v) is 4.18. The van der Waals surface area contributed by atoms with Crippen molar-refractivity contribution in [3.05, 3.63) is 70.2 Å². The molecule has 0 amide bonds. The summed E-state index contributed by atoms with van der Waals surface area (Å²) in [6, 6.07) is 17.8. The van der Waals surface area contributed by atoms with Crippen LogP contribution in [0.25, 0.3) is 0 Å². The zero-order chi connectivity index (χ0) is 11.4. The van der Waals surface area contributed by atoms with Crippen molar-refractivity contribution in [3.63, 3.8) is 0 Å². The van der Waals surface area contributed by atoms with Crippen molar-refractivity contribution in [1.29, 1.82) is 0 Å². The predicted molar refractivity (Wildman–Crippen MR) is 70.4 cm³/mol. The zero-order valence-corrected chi connectivity index (χ0v) is 10.2. The Morgan fingerprint density at radius 3 is 2.19 bits per heavy atom. The van der Waals surface area contributed by atoms with Crippen LogP contribution in [0.4, 0.5) is 0 Å². The molecule has 2 aromatic rings. The van der Waals surface area contributed by atoms with Gasteiger partial charge in [-0.1, -0.05) is 64.5 Å². The zero-order valence-electron chi connectivity index (χ0n) is 8.60. The van der Waals surface area contributed by atoms with Crippen LogP contribution in [0.2, 0.25) is 0 Å². The molecule has 0 spiro atoms. The van der Waals surface area contributed by atoms with Crippen LogP contribution < -0.4 is 5.84 Å². The van der Waals surface area contributed by atoms with Gasteiger partial charge in [0.05, 0.1) is 5.71 Å².